The van der Waals surface area contributed by atoms with Gasteiger partial charge in [-0.15, -0.1) is 0 Å². The average Bonchev–Trinajstić information content (AvgIpc) is 3.06. The first-order valence-corrected chi connectivity index (χ1v) is 7.56. The number of hydrogen-bond acceptors (Lipinski definition) is 5. The van der Waals surface area contributed by atoms with Crippen molar-refractivity contribution in [3.63, 3.8) is 0 Å². The van der Waals surface area contributed by atoms with Crippen LogP contribution in [0, 0.1) is 0 Å². The van der Waals surface area contributed by atoms with E-state index in [9.17, 15) is 0 Å². The molecule has 0 atom stereocenters. The highest BCUT2D eigenvalue weighted by Crippen LogP contribution is 2.31. The van der Waals surface area contributed by atoms with Gasteiger partial charge in [-0.1, -0.05) is 36.4 Å². The van der Waals surface area contributed by atoms with Gasteiger partial charge in [-0.25, -0.2) is 9.97 Å². The Morgan fingerprint density at radius 2 is 1.79 bits per heavy atom. The molecule has 118 valence electrons. The average molecular weight is 317 g/mol. The van der Waals surface area contributed by atoms with Crippen LogP contribution in [0.2, 0.25) is 0 Å². The second-order valence-electron chi connectivity index (χ2n) is 5.50. The van der Waals surface area contributed by atoms with Gasteiger partial charge in [0.2, 0.25) is 5.89 Å². The van der Waals surface area contributed by atoms with E-state index in [4.69, 9.17) is 15.3 Å². The summed E-state index contributed by atoms with van der Waals surface area (Å²) in [6, 6.07) is 17.1. The third-order valence-corrected chi connectivity index (χ3v) is 3.91. The molecule has 4 rings (SSSR count). The number of aliphatic hydroxyl groups excluding tert-OH is 1. The topological polar surface area (TPSA) is 85.2 Å². The van der Waals surface area contributed by atoms with Gasteiger partial charge in [-0.2, -0.15) is 0 Å². The fourth-order valence-electron chi connectivity index (χ4n) is 2.59. The molecule has 0 saturated carbocycles. The molecule has 3 N–H and O–H groups in total. The number of aromatic nitrogens is 2. The lowest BCUT2D eigenvalue weighted by Gasteiger charge is -2.06. The molecule has 0 fully saturated rings. The van der Waals surface area contributed by atoms with Crippen molar-refractivity contribution in [2.45, 2.75) is 6.61 Å². The van der Waals surface area contributed by atoms with Crippen molar-refractivity contribution in [1.82, 2.24) is 9.97 Å². The molecule has 0 radical (unpaired) electrons. The van der Waals surface area contributed by atoms with Crippen LogP contribution in [0.25, 0.3) is 33.7 Å². The van der Waals surface area contributed by atoms with Gasteiger partial charge in [0.05, 0.1) is 12.2 Å². The molecule has 0 aliphatic rings. The third-order valence-electron chi connectivity index (χ3n) is 3.91. The number of aliphatic hydroxyl groups is 1. The predicted octanol–water partition coefficient (Wildman–Crippen LogP) is 3.63. The number of nitrogens with zero attached hydrogens (tertiary/aromatic N) is 2. The van der Waals surface area contributed by atoms with Crippen LogP contribution in [-0.4, -0.2) is 15.1 Å². The van der Waals surface area contributed by atoms with Gasteiger partial charge >= 0.3 is 0 Å². The molecule has 2 heterocycles. The first-order chi connectivity index (χ1) is 11.7. The van der Waals surface area contributed by atoms with Crippen molar-refractivity contribution < 1.29 is 9.52 Å². The van der Waals surface area contributed by atoms with E-state index in [2.05, 4.69) is 9.97 Å². The summed E-state index contributed by atoms with van der Waals surface area (Å²) in [6.45, 7) is 0.0222. The van der Waals surface area contributed by atoms with E-state index in [1.54, 1.807) is 6.20 Å². The molecule has 0 saturated heterocycles. The molecular formula is C19H15N3O2. The highest BCUT2D eigenvalue weighted by molar-refractivity contribution is 5.80. The number of pyridine rings is 1. The van der Waals surface area contributed by atoms with E-state index >= 15 is 0 Å². The van der Waals surface area contributed by atoms with Crippen LogP contribution in [0.3, 0.4) is 0 Å². The van der Waals surface area contributed by atoms with Crippen molar-refractivity contribution in [2.75, 3.05) is 5.73 Å². The smallest absolute Gasteiger partial charge is 0.231 e. The molecule has 0 amide bonds. The molecule has 2 aromatic heterocycles. The Morgan fingerprint density at radius 3 is 2.54 bits per heavy atom. The van der Waals surface area contributed by atoms with Crippen LogP contribution in [-0.2, 0) is 6.61 Å². The van der Waals surface area contributed by atoms with E-state index in [-0.39, 0.29) is 6.61 Å². The minimum absolute atomic E-state index is 0.0222. The summed E-state index contributed by atoms with van der Waals surface area (Å²) < 4.78 is 5.80. The molecule has 0 aliphatic carbocycles. The Bertz CT molecular complexity index is 974. The lowest BCUT2D eigenvalue weighted by Crippen LogP contribution is -1.95. The number of nitrogen functional groups attached to an aromatic ring is 1. The zero-order chi connectivity index (χ0) is 16.5. The zero-order valence-electron chi connectivity index (χ0n) is 12.8. The van der Waals surface area contributed by atoms with E-state index in [1.807, 2.05) is 54.6 Å². The molecule has 5 heteroatoms. The van der Waals surface area contributed by atoms with E-state index in [0.29, 0.717) is 22.9 Å². The molecular weight excluding hydrogens is 302 g/mol. The number of rotatable bonds is 3. The van der Waals surface area contributed by atoms with Gasteiger partial charge in [0, 0.05) is 11.8 Å². The molecule has 0 bridgehead atoms. The quantitative estimate of drug-likeness (QED) is 0.602. The number of anilines is 1. The SMILES string of the molecule is Nc1ncc(-c2ccc(CO)cc2)cc1-c1nc2ccccc2o1. The van der Waals surface area contributed by atoms with Crippen LogP contribution < -0.4 is 5.73 Å². The van der Waals surface area contributed by atoms with E-state index in [0.717, 1.165) is 22.2 Å². The predicted molar refractivity (Wildman–Crippen MR) is 93.0 cm³/mol. The Hall–Kier alpha value is -3.18. The highest BCUT2D eigenvalue weighted by atomic mass is 16.3. The first kappa shape index (κ1) is 14.4. The lowest BCUT2D eigenvalue weighted by atomic mass is 10.0. The second kappa shape index (κ2) is 5.79. The fourth-order valence-corrected chi connectivity index (χ4v) is 2.59. The van der Waals surface area contributed by atoms with Gasteiger partial charge in [0.15, 0.2) is 5.58 Å². The Balaban J connectivity index is 1.80. The standard InChI is InChI=1S/C19H15N3O2/c20-18-15(19-22-16-3-1-2-4-17(16)24-19)9-14(10-21-18)13-7-5-12(11-23)6-8-13/h1-10,23H,11H2,(H2,20,21). The van der Waals surface area contributed by atoms with Crippen LogP contribution in [0.1, 0.15) is 5.56 Å². The Morgan fingerprint density at radius 1 is 1.00 bits per heavy atom. The fraction of sp³-hybridized carbons (Fsp3) is 0.0526. The Labute approximate surface area is 138 Å². The highest BCUT2D eigenvalue weighted by Gasteiger charge is 2.13. The summed E-state index contributed by atoms with van der Waals surface area (Å²) in [5, 5.41) is 9.15. The van der Waals surface area contributed by atoms with E-state index < -0.39 is 0 Å². The summed E-state index contributed by atoms with van der Waals surface area (Å²) in [5.41, 5.74) is 10.9. The monoisotopic (exact) mass is 317 g/mol. The minimum atomic E-state index is 0.0222. The third kappa shape index (κ3) is 2.51. The summed E-state index contributed by atoms with van der Waals surface area (Å²) in [5.74, 6) is 0.826. The first-order valence-electron chi connectivity index (χ1n) is 7.56. The molecule has 0 aliphatic heterocycles. The zero-order valence-corrected chi connectivity index (χ0v) is 12.8. The minimum Gasteiger partial charge on any atom is -0.436 e. The summed E-state index contributed by atoms with van der Waals surface area (Å²) in [7, 11) is 0. The number of fused-ring (bicyclic) bond motifs is 1. The van der Waals surface area contributed by atoms with Crippen LogP contribution in [0.15, 0.2) is 65.2 Å². The van der Waals surface area contributed by atoms with Gasteiger partial charge in [-0.3, -0.25) is 0 Å². The molecule has 0 unspecified atom stereocenters. The van der Waals surface area contributed by atoms with E-state index in [1.165, 1.54) is 0 Å². The molecule has 24 heavy (non-hydrogen) atoms. The number of hydrogen-bond donors (Lipinski definition) is 2. The summed E-state index contributed by atoms with van der Waals surface area (Å²) in [6.07, 6.45) is 1.72. The van der Waals surface area contributed by atoms with Crippen molar-refractivity contribution in [1.29, 1.82) is 0 Å². The van der Waals surface area contributed by atoms with Crippen molar-refractivity contribution >= 4 is 16.9 Å². The Kier molecular flexibility index (Phi) is 3.48. The van der Waals surface area contributed by atoms with Crippen molar-refractivity contribution in [3.05, 3.63) is 66.4 Å². The van der Waals surface area contributed by atoms with Crippen molar-refractivity contribution in [2.24, 2.45) is 0 Å². The molecule has 4 aromatic rings. The van der Waals surface area contributed by atoms with Gasteiger partial charge < -0.3 is 15.3 Å². The molecule has 0 spiro atoms. The van der Waals surface area contributed by atoms with Crippen molar-refractivity contribution in [3.8, 4) is 22.6 Å². The number of benzene rings is 2. The molecule has 5 nitrogen and oxygen atoms in total. The lowest BCUT2D eigenvalue weighted by molar-refractivity contribution is 0.282. The van der Waals surface area contributed by atoms with Crippen LogP contribution >= 0.6 is 0 Å². The maximum absolute atomic E-state index is 9.15. The van der Waals surface area contributed by atoms with Crippen LogP contribution in [0.4, 0.5) is 5.82 Å². The molecule has 2 aromatic carbocycles. The largest absolute Gasteiger partial charge is 0.436 e. The maximum Gasteiger partial charge on any atom is 0.231 e. The maximum atomic E-state index is 9.15. The number of oxazole rings is 1. The van der Waals surface area contributed by atoms with Gasteiger partial charge in [-0.05, 0) is 29.3 Å². The number of para-hydroxylation sites is 2. The summed E-state index contributed by atoms with van der Waals surface area (Å²) in [4.78, 5) is 8.76. The summed E-state index contributed by atoms with van der Waals surface area (Å²) >= 11 is 0. The second-order valence-corrected chi connectivity index (χ2v) is 5.50. The van der Waals surface area contributed by atoms with Gasteiger partial charge in [0.25, 0.3) is 0 Å². The number of nitrogens with two attached hydrogens (primary N) is 1. The van der Waals surface area contributed by atoms with Crippen LogP contribution in [0.5, 0.6) is 0 Å². The van der Waals surface area contributed by atoms with Gasteiger partial charge in [0.1, 0.15) is 11.3 Å². The normalized spacial score (nSPS) is 11.0.